The number of ether oxygens (including phenoxy) is 3. The van der Waals surface area contributed by atoms with Crippen LogP contribution < -0.4 is 19.9 Å². The van der Waals surface area contributed by atoms with Crippen molar-refractivity contribution in [3.63, 3.8) is 0 Å². The van der Waals surface area contributed by atoms with E-state index < -0.39 is 0 Å². The van der Waals surface area contributed by atoms with Gasteiger partial charge in [-0.2, -0.15) is 0 Å². The largest absolute Gasteiger partial charge is 0.490 e. The summed E-state index contributed by atoms with van der Waals surface area (Å²) in [6.07, 6.45) is 0. The molecule has 0 radical (unpaired) electrons. The molecule has 25 heavy (non-hydrogen) atoms. The van der Waals surface area contributed by atoms with E-state index in [1.54, 1.807) is 6.07 Å². The summed E-state index contributed by atoms with van der Waals surface area (Å²) in [5.41, 5.74) is 7.71. The Morgan fingerprint density at radius 3 is 2.24 bits per heavy atom. The maximum atomic E-state index is 5.77. The summed E-state index contributed by atoms with van der Waals surface area (Å²) < 4.78 is 17.1. The second-order valence-electron chi connectivity index (χ2n) is 5.88. The van der Waals surface area contributed by atoms with Gasteiger partial charge in [-0.1, -0.05) is 38.2 Å². The first-order valence-corrected chi connectivity index (χ1v) is 8.84. The molecule has 2 rings (SSSR count). The Morgan fingerprint density at radius 1 is 0.960 bits per heavy atom. The quantitative estimate of drug-likeness (QED) is 0.534. The van der Waals surface area contributed by atoms with Crippen LogP contribution in [-0.4, -0.2) is 24.8 Å². The molecule has 0 saturated carbocycles. The van der Waals surface area contributed by atoms with Crippen molar-refractivity contribution >= 4 is 17.2 Å². The van der Waals surface area contributed by atoms with Crippen LogP contribution in [-0.2, 0) is 0 Å². The lowest BCUT2D eigenvalue weighted by molar-refractivity contribution is 0.208. The van der Waals surface area contributed by atoms with Crippen LogP contribution in [0.25, 0.3) is 0 Å². The molecule has 2 aromatic carbocycles. The van der Waals surface area contributed by atoms with Gasteiger partial charge in [0.25, 0.3) is 0 Å². The molecule has 0 atom stereocenters. The van der Waals surface area contributed by atoms with Gasteiger partial charge in [0.05, 0.1) is 6.61 Å². The summed E-state index contributed by atoms with van der Waals surface area (Å²) in [6, 6.07) is 13.6. The van der Waals surface area contributed by atoms with Gasteiger partial charge < -0.3 is 19.9 Å². The first-order chi connectivity index (χ1) is 12.0. The van der Waals surface area contributed by atoms with Gasteiger partial charge in [0.1, 0.15) is 24.0 Å². The second kappa shape index (κ2) is 9.28. The molecular weight excluding hydrogens is 334 g/mol. The third kappa shape index (κ3) is 5.64. The van der Waals surface area contributed by atoms with Crippen molar-refractivity contribution < 1.29 is 14.2 Å². The zero-order chi connectivity index (χ0) is 18.2. The number of benzene rings is 2. The van der Waals surface area contributed by atoms with Crippen molar-refractivity contribution in [2.24, 2.45) is 5.73 Å². The molecule has 0 heterocycles. The zero-order valence-corrected chi connectivity index (χ0v) is 15.8. The first kappa shape index (κ1) is 19.1. The molecule has 0 aliphatic carbocycles. The molecule has 4 nitrogen and oxygen atoms in total. The van der Waals surface area contributed by atoms with E-state index in [2.05, 4.69) is 26.0 Å². The molecular formula is C20H25NO3S. The minimum Gasteiger partial charge on any atom is -0.490 e. The highest BCUT2D eigenvalue weighted by molar-refractivity contribution is 7.80. The lowest BCUT2D eigenvalue weighted by Gasteiger charge is -2.14. The topological polar surface area (TPSA) is 53.7 Å². The highest BCUT2D eigenvalue weighted by Gasteiger charge is 2.08. The van der Waals surface area contributed by atoms with Crippen LogP contribution in [0, 0.1) is 0 Å². The predicted octanol–water partition coefficient (Wildman–Crippen LogP) is 4.30. The summed E-state index contributed by atoms with van der Waals surface area (Å²) in [4.78, 5) is 0.334. The average Bonchev–Trinajstić information content (AvgIpc) is 2.60. The molecule has 0 unspecified atom stereocenters. The van der Waals surface area contributed by atoms with Crippen molar-refractivity contribution in [2.75, 3.05) is 19.8 Å². The normalized spacial score (nSPS) is 10.6. The molecule has 2 aromatic rings. The Morgan fingerprint density at radius 2 is 1.64 bits per heavy atom. The Balaban J connectivity index is 1.89. The monoisotopic (exact) mass is 359 g/mol. The predicted molar refractivity (Wildman–Crippen MR) is 105 cm³/mol. The van der Waals surface area contributed by atoms with E-state index in [9.17, 15) is 0 Å². The van der Waals surface area contributed by atoms with Crippen molar-refractivity contribution in [1.29, 1.82) is 0 Å². The van der Waals surface area contributed by atoms with Crippen molar-refractivity contribution in [3.8, 4) is 17.2 Å². The Labute approximate surface area is 154 Å². The van der Waals surface area contributed by atoms with Crippen LogP contribution in [0.2, 0.25) is 0 Å². The van der Waals surface area contributed by atoms with Crippen molar-refractivity contribution in [2.45, 2.75) is 26.7 Å². The molecule has 0 bridgehead atoms. The van der Waals surface area contributed by atoms with Gasteiger partial charge in [-0.25, -0.2) is 0 Å². The second-order valence-corrected chi connectivity index (χ2v) is 6.32. The Hall–Kier alpha value is -2.27. The number of thiocarbonyl (C=S) groups is 1. The maximum Gasteiger partial charge on any atom is 0.161 e. The van der Waals surface area contributed by atoms with Gasteiger partial charge in [0.2, 0.25) is 0 Å². The van der Waals surface area contributed by atoms with E-state index >= 15 is 0 Å². The van der Waals surface area contributed by atoms with Crippen molar-refractivity contribution in [1.82, 2.24) is 0 Å². The Kier molecular flexibility index (Phi) is 7.07. The molecule has 0 aliphatic rings. The molecule has 0 saturated heterocycles. The van der Waals surface area contributed by atoms with E-state index in [4.69, 9.17) is 32.2 Å². The lowest BCUT2D eigenvalue weighted by atomic mass is 10.0. The van der Waals surface area contributed by atoms with E-state index in [1.165, 1.54) is 5.56 Å². The molecule has 2 N–H and O–H groups in total. The van der Waals surface area contributed by atoms with E-state index in [-0.39, 0.29) is 0 Å². The van der Waals surface area contributed by atoms with Crippen LogP contribution in [0.4, 0.5) is 0 Å². The molecule has 134 valence electrons. The third-order valence-corrected chi connectivity index (χ3v) is 3.92. The van der Waals surface area contributed by atoms with Gasteiger partial charge in [0, 0.05) is 5.56 Å². The van der Waals surface area contributed by atoms with Crippen LogP contribution in [0.15, 0.2) is 42.5 Å². The fourth-order valence-electron chi connectivity index (χ4n) is 2.31. The van der Waals surface area contributed by atoms with Crippen LogP contribution in [0.3, 0.4) is 0 Å². The van der Waals surface area contributed by atoms with Gasteiger partial charge in [-0.05, 0) is 48.7 Å². The highest BCUT2D eigenvalue weighted by Crippen LogP contribution is 2.28. The standard InChI is InChI=1S/C20H25NO3S/c1-4-22-19-13-16(20(21)25)7-10-18(19)24-12-11-23-17-8-5-15(6-9-17)14(2)3/h5-10,13-14H,4,11-12H2,1-3H3,(H2,21,25). The summed E-state index contributed by atoms with van der Waals surface area (Å²) >= 11 is 5.00. The molecule has 0 spiro atoms. The SMILES string of the molecule is CCOc1cc(C(N)=S)ccc1OCCOc1ccc(C(C)C)cc1. The number of hydrogen-bond acceptors (Lipinski definition) is 4. The molecule has 5 heteroatoms. The molecule has 0 aliphatic heterocycles. The molecule has 0 fully saturated rings. The van der Waals surface area contributed by atoms with Crippen LogP contribution in [0.1, 0.15) is 37.8 Å². The zero-order valence-electron chi connectivity index (χ0n) is 15.0. The van der Waals surface area contributed by atoms with Crippen molar-refractivity contribution in [3.05, 3.63) is 53.6 Å². The van der Waals surface area contributed by atoms with E-state index in [1.807, 2.05) is 31.2 Å². The average molecular weight is 359 g/mol. The summed E-state index contributed by atoms with van der Waals surface area (Å²) in [5.74, 6) is 2.63. The number of nitrogens with two attached hydrogens (primary N) is 1. The number of rotatable bonds is 9. The highest BCUT2D eigenvalue weighted by atomic mass is 32.1. The summed E-state index contributed by atoms with van der Waals surface area (Å²) in [7, 11) is 0. The van der Waals surface area contributed by atoms with Crippen LogP contribution >= 0.6 is 12.2 Å². The molecule has 0 amide bonds. The summed E-state index contributed by atoms with van der Waals surface area (Å²) in [6.45, 7) is 7.66. The Bertz CT molecular complexity index is 699. The lowest BCUT2D eigenvalue weighted by Crippen LogP contribution is -2.12. The van der Waals surface area contributed by atoms with E-state index in [0.717, 1.165) is 11.3 Å². The van der Waals surface area contributed by atoms with Gasteiger partial charge >= 0.3 is 0 Å². The summed E-state index contributed by atoms with van der Waals surface area (Å²) in [5, 5.41) is 0. The minimum absolute atomic E-state index is 0.334. The van der Waals surface area contributed by atoms with E-state index in [0.29, 0.717) is 42.2 Å². The first-order valence-electron chi connectivity index (χ1n) is 8.43. The minimum atomic E-state index is 0.334. The smallest absolute Gasteiger partial charge is 0.161 e. The van der Waals surface area contributed by atoms with Gasteiger partial charge in [0.15, 0.2) is 11.5 Å². The fraction of sp³-hybridized carbons (Fsp3) is 0.350. The van der Waals surface area contributed by atoms with Gasteiger partial charge in [-0.15, -0.1) is 0 Å². The van der Waals surface area contributed by atoms with Crippen LogP contribution in [0.5, 0.6) is 17.2 Å². The molecule has 0 aromatic heterocycles. The fourth-order valence-corrected chi connectivity index (χ4v) is 2.44. The maximum absolute atomic E-state index is 5.77. The number of hydrogen-bond donors (Lipinski definition) is 1. The van der Waals surface area contributed by atoms with Gasteiger partial charge in [-0.3, -0.25) is 0 Å². The third-order valence-electron chi connectivity index (χ3n) is 3.68.